The van der Waals surface area contributed by atoms with Gasteiger partial charge in [-0.15, -0.1) is 0 Å². The van der Waals surface area contributed by atoms with E-state index in [2.05, 4.69) is 25.3 Å². The maximum absolute atomic E-state index is 13.2. The van der Waals surface area contributed by atoms with E-state index in [0.29, 0.717) is 23.8 Å². The first-order chi connectivity index (χ1) is 13.9. The van der Waals surface area contributed by atoms with Crippen molar-refractivity contribution in [3.05, 3.63) is 82.5 Å². The Labute approximate surface area is 171 Å². The summed E-state index contributed by atoms with van der Waals surface area (Å²) in [7, 11) is 0. The van der Waals surface area contributed by atoms with Crippen molar-refractivity contribution < 1.29 is 8.78 Å². The first-order valence-corrected chi connectivity index (χ1v) is 9.40. The van der Waals surface area contributed by atoms with Gasteiger partial charge in [-0.2, -0.15) is 8.78 Å². The van der Waals surface area contributed by atoms with Crippen molar-refractivity contribution in [1.82, 2.24) is 19.9 Å². The molecule has 4 rings (SSSR count). The molecule has 4 aromatic rings. The van der Waals surface area contributed by atoms with Crippen molar-refractivity contribution in [3.63, 3.8) is 0 Å². The molecule has 148 valence electrons. The third kappa shape index (κ3) is 4.51. The van der Waals surface area contributed by atoms with Gasteiger partial charge in [-0.1, -0.05) is 23.7 Å². The van der Waals surface area contributed by atoms with Gasteiger partial charge in [0.2, 0.25) is 0 Å². The van der Waals surface area contributed by atoms with Crippen LogP contribution in [0.2, 0.25) is 5.02 Å². The summed E-state index contributed by atoms with van der Waals surface area (Å²) in [6, 6.07) is 8.75. The van der Waals surface area contributed by atoms with Crippen molar-refractivity contribution in [1.29, 1.82) is 0 Å². The SMILES string of the molecule is CC(F)(F)c1ccc(CNc2ccc(Cc3c[nH]c4ncc(Cl)cc34)cn2)cn1. The maximum Gasteiger partial charge on any atom is 0.286 e. The third-order valence-electron chi connectivity index (χ3n) is 4.55. The van der Waals surface area contributed by atoms with Gasteiger partial charge in [-0.25, -0.2) is 9.97 Å². The number of hydrogen-bond acceptors (Lipinski definition) is 4. The fourth-order valence-corrected chi connectivity index (χ4v) is 3.17. The topological polar surface area (TPSA) is 66.5 Å². The lowest BCUT2D eigenvalue weighted by Crippen LogP contribution is -2.10. The predicted molar refractivity (Wildman–Crippen MR) is 109 cm³/mol. The molecule has 29 heavy (non-hydrogen) atoms. The van der Waals surface area contributed by atoms with Crippen LogP contribution in [-0.4, -0.2) is 19.9 Å². The molecule has 0 bridgehead atoms. The summed E-state index contributed by atoms with van der Waals surface area (Å²) >= 11 is 6.05. The summed E-state index contributed by atoms with van der Waals surface area (Å²) < 4.78 is 26.4. The Morgan fingerprint density at radius 1 is 1.03 bits per heavy atom. The van der Waals surface area contributed by atoms with E-state index >= 15 is 0 Å². The van der Waals surface area contributed by atoms with Gasteiger partial charge >= 0.3 is 0 Å². The van der Waals surface area contributed by atoms with Crippen LogP contribution in [0.3, 0.4) is 0 Å². The van der Waals surface area contributed by atoms with Crippen molar-refractivity contribution in [2.24, 2.45) is 0 Å². The lowest BCUT2D eigenvalue weighted by Gasteiger charge is -2.10. The number of halogens is 3. The van der Waals surface area contributed by atoms with Gasteiger partial charge in [-0.3, -0.25) is 4.98 Å². The van der Waals surface area contributed by atoms with E-state index in [1.807, 2.05) is 24.4 Å². The lowest BCUT2D eigenvalue weighted by molar-refractivity contribution is 0.0127. The molecule has 4 heterocycles. The van der Waals surface area contributed by atoms with Gasteiger partial charge in [0, 0.05) is 50.1 Å². The average Bonchev–Trinajstić information content (AvgIpc) is 3.09. The van der Waals surface area contributed by atoms with E-state index in [1.165, 1.54) is 12.3 Å². The highest BCUT2D eigenvalue weighted by Crippen LogP contribution is 2.25. The predicted octanol–water partition coefficient (Wildman–Crippen LogP) is 5.32. The molecule has 0 atom stereocenters. The van der Waals surface area contributed by atoms with E-state index < -0.39 is 5.92 Å². The van der Waals surface area contributed by atoms with Crippen molar-refractivity contribution in [3.8, 4) is 0 Å². The minimum absolute atomic E-state index is 0.238. The highest BCUT2D eigenvalue weighted by molar-refractivity contribution is 6.31. The van der Waals surface area contributed by atoms with Gasteiger partial charge in [-0.05, 0) is 34.9 Å². The highest BCUT2D eigenvalue weighted by atomic mass is 35.5. The Hall–Kier alpha value is -3.06. The zero-order valence-corrected chi connectivity index (χ0v) is 16.3. The first-order valence-electron chi connectivity index (χ1n) is 9.02. The summed E-state index contributed by atoms with van der Waals surface area (Å²) in [5, 5.41) is 4.76. The van der Waals surface area contributed by atoms with E-state index in [4.69, 9.17) is 11.6 Å². The van der Waals surface area contributed by atoms with Crippen LogP contribution in [0.1, 0.15) is 29.3 Å². The number of rotatable bonds is 6. The summed E-state index contributed by atoms with van der Waals surface area (Å²) in [6.07, 6.45) is 7.49. The lowest BCUT2D eigenvalue weighted by atomic mass is 10.1. The van der Waals surface area contributed by atoms with Gasteiger partial charge in [0.25, 0.3) is 5.92 Å². The Kier molecular flexibility index (Phi) is 5.15. The largest absolute Gasteiger partial charge is 0.366 e. The molecule has 0 aromatic carbocycles. The molecule has 0 unspecified atom stereocenters. The number of nitrogens with one attached hydrogen (secondary N) is 2. The molecule has 0 aliphatic carbocycles. The Morgan fingerprint density at radius 2 is 1.83 bits per heavy atom. The second-order valence-corrected chi connectivity index (χ2v) is 7.32. The van der Waals surface area contributed by atoms with E-state index in [1.54, 1.807) is 18.5 Å². The van der Waals surface area contributed by atoms with Crippen molar-refractivity contribution in [2.75, 3.05) is 5.32 Å². The van der Waals surface area contributed by atoms with Crippen LogP contribution in [0.4, 0.5) is 14.6 Å². The maximum atomic E-state index is 13.2. The quantitative estimate of drug-likeness (QED) is 0.449. The van der Waals surface area contributed by atoms with Crippen LogP contribution in [0.5, 0.6) is 0 Å². The van der Waals surface area contributed by atoms with E-state index in [-0.39, 0.29) is 5.69 Å². The molecule has 0 radical (unpaired) electrons. The normalized spacial score (nSPS) is 11.7. The number of nitrogens with zero attached hydrogens (tertiary/aromatic N) is 3. The van der Waals surface area contributed by atoms with Gasteiger partial charge in [0.15, 0.2) is 0 Å². The average molecular weight is 414 g/mol. The summed E-state index contributed by atoms with van der Waals surface area (Å²) in [6.45, 7) is 1.28. The summed E-state index contributed by atoms with van der Waals surface area (Å²) in [4.78, 5) is 15.7. The smallest absolute Gasteiger partial charge is 0.286 e. The molecule has 0 amide bonds. The minimum Gasteiger partial charge on any atom is -0.366 e. The fourth-order valence-electron chi connectivity index (χ4n) is 3.01. The zero-order chi connectivity index (χ0) is 20.4. The number of anilines is 1. The number of hydrogen-bond donors (Lipinski definition) is 2. The van der Waals surface area contributed by atoms with Crippen LogP contribution in [0.15, 0.2) is 55.1 Å². The second kappa shape index (κ2) is 7.75. The summed E-state index contributed by atoms with van der Waals surface area (Å²) in [5.74, 6) is -2.24. The Balaban J connectivity index is 1.39. The molecule has 4 aromatic heterocycles. The van der Waals surface area contributed by atoms with Crippen molar-refractivity contribution in [2.45, 2.75) is 25.8 Å². The number of aromatic amines is 1. The number of pyridine rings is 3. The van der Waals surface area contributed by atoms with Gasteiger partial charge < -0.3 is 10.3 Å². The Bertz CT molecular complexity index is 1120. The standard InChI is InChI=1S/C21H18ClF2N5/c1-21(23,24)18-4-2-14(9-25-18)10-27-19-5-3-13(8-26-19)6-15-11-28-20-17(15)7-16(22)12-29-20/h2-5,7-9,11-12H,6,10H2,1H3,(H,26,27)(H,28,29). The van der Waals surface area contributed by atoms with Crippen LogP contribution < -0.4 is 5.32 Å². The minimum atomic E-state index is -2.93. The van der Waals surface area contributed by atoms with Crippen LogP contribution in [0, 0.1) is 0 Å². The summed E-state index contributed by atoms with van der Waals surface area (Å²) in [5.41, 5.74) is 3.50. The highest BCUT2D eigenvalue weighted by Gasteiger charge is 2.25. The van der Waals surface area contributed by atoms with Crippen LogP contribution >= 0.6 is 11.6 Å². The van der Waals surface area contributed by atoms with Gasteiger partial charge in [0.05, 0.1) is 5.02 Å². The third-order valence-corrected chi connectivity index (χ3v) is 4.76. The fraction of sp³-hybridized carbons (Fsp3) is 0.190. The molecule has 0 saturated heterocycles. The van der Waals surface area contributed by atoms with Crippen LogP contribution in [0.25, 0.3) is 11.0 Å². The second-order valence-electron chi connectivity index (χ2n) is 6.89. The van der Waals surface area contributed by atoms with E-state index in [9.17, 15) is 8.78 Å². The molecular weight excluding hydrogens is 396 g/mol. The zero-order valence-electron chi connectivity index (χ0n) is 15.6. The van der Waals surface area contributed by atoms with Crippen LogP contribution in [-0.2, 0) is 18.9 Å². The molecule has 0 fully saturated rings. The molecular formula is C21H18ClF2N5. The number of H-pyrrole nitrogens is 1. The number of aromatic nitrogens is 4. The monoisotopic (exact) mass is 413 g/mol. The molecule has 2 N–H and O–H groups in total. The molecule has 0 aliphatic rings. The molecule has 0 aliphatic heterocycles. The van der Waals surface area contributed by atoms with Gasteiger partial charge in [0.1, 0.15) is 17.2 Å². The number of alkyl halides is 2. The molecule has 0 saturated carbocycles. The first kappa shape index (κ1) is 19.3. The Morgan fingerprint density at radius 3 is 2.52 bits per heavy atom. The van der Waals surface area contributed by atoms with Crippen molar-refractivity contribution >= 4 is 28.5 Å². The molecule has 0 spiro atoms. The van der Waals surface area contributed by atoms with E-state index in [0.717, 1.165) is 34.6 Å². The molecule has 5 nitrogen and oxygen atoms in total. The molecule has 8 heteroatoms. The number of fused-ring (bicyclic) bond motifs is 1.